The first kappa shape index (κ1) is 32.4. The maximum Gasteiger partial charge on any atom is 0.302 e. The van der Waals surface area contributed by atoms with Gasteiger partial charge in [-0.15, -0.1) is 0 Å². The van der Waals surface area contributed by atoms with E-state index in [1.165, 1.54) is 13.8 Å². The molecule has 128 valence electrons. The van der Waals surface area contributed by atoms with E-state index in [2.05, 4.69) is 4.74 Å². The molecular weight excluding hydrogens is 341 g/mol. The molecule has 0 saturated heterocycles. The average Bonchev–Trinajstić information content (AvgIpc) is 2.30. The molecule has 0 spiro atoms. The van der Waals surface area contributed by atoms with Crippen LogP contribution >= 0.6 is 34.8 Å². The van der Waals surface area contributed by atoms with Crippen molar-refractivity contribution in [3.63, 3.8) is 0 Å². The maximum atomic E-state index is 9.82. The molecule has 0 rings (SSSR count). The van der Waals surface area contributed by atoms with Gasteiger partial charge in [0.25, 0.3) is 0 Å². The summed E-state index contributed by atoms with van der Waals surface area (Å²) in [4.78, 5) is 19.6. The molecule has 0 fully saturated rings. The molecule has 0 heterocycles. The van der Waals surface area contributed by atoms with Crippen LogP contribution in [0.3, 0.4) is 0 Å². The topological polar surface area (TPSA) is 87.4 Å². The van der Waals surface area contributed by atoms with Crippen LogP contribution in [0.15, 0.2) is 0 Å². The van der Waals surface area contributed by atoms with Crippen molar-refractivity contribution in [3.05, 3.63) is 0 Å². The van der Waals surface area contributed by atoms with Gasteiger partial charge < -0.3 is 14.6 Å². The molecule has 0 amide bonds. The van der Waals surface area contributed by atoms with Crippen molar-refractivity contribution < 1.29 is 19.4 Å². The first-order valence-electron chi connectivity index (χ1n) is 6.07. The molecule has 0 aliphatic carbocycles. The Balaban J connectivity index is -0.0000000524. The number of carbonyl (C=O) groups excluding carboxylic acids is 2. The standard InChI is InChI=1S/C4H8O2.C4H8O.C2H3N.C2H6O.CHCl3/c1-3-6-4(2)5;1-3-4(2)5;2*1-2-3;2-1(3)4/h3H2,1-2H3;3H2,1-2H3;1H3;3H,2H2,1H3;1H. The first-order valence-corrected chi connectivity index (χ1v) is 7.38. The summed E-state index contributed by atoms with van der Waals surface area (Å²) < 4.78 is 3.65. The summed E-state index contributed by atoms with van der Waals surface area (Å²) in [5.74, 6) is 0.0440. The Hall–Kier alpha value is -0.540. The van der Waals surface area contributed by atoms with Gasteiger partial charge in [0.15, 0.2) is 4.30 Å². The fourth-order valence-electron chi connectivity index (χ4n) is 0.203. The molecule has 1 N–H and O–H groups in total. The number of Topliss-reactive ketones (excluding diaryl/α,β-unsaturated/α-hetero) is 1. The number of rotatable bonds is 2. The third-order valence-electron chi connectivity index (χ3n) is 0.845. The largest absolute Gasteiger partial charge is 0.466 e. The molecule has 0 unspecified atom stereocenters. The summed E-state index contributed by atoms with van der Waals surface area (Å²) in [7, 11) is 0. The second-order valence-electron chi connectivity index (χ2n) is 2.77. The maximum absolute atomic E-state index is 9.82. The van der Waals surface area contributed by atoms with Crippen LogP contribution in [0.5, 0.6) is 0 Å². The van der Waals surface area contributed by atoms with E-state index in [0.29, 0.717) is 13.0 Å². The van der Waals surface area contributed by atoms with E-state index in [4.69, 9.17) is 45.2 Å². The van der Waals surface area contributed by atoms with Crippen molar-refractivity contribution in [3.8, 4) is 6.07 Å². The SMILES string of the molecule is CC#N.CCC(C)=O.CCO.CCOC(C)=O.ClC(Cl)Cl. The predicted molar refractivity (Wildman–Crippen MR) is 88.7 cm³/mol. The highest BCUT2D eigenvalue weighted by molar-refractivity contribution is 6.63. The molecule has 0 aromatic carbocycles. The molecule has 8 heteroatoms. The number of ether oxygens (including phenoxy) is 1. The van der Waals surface area contributed by atoms with E-state index < -0.39 is 4.30 Å². The van der Waals surface area contributed by atoms with E-state index in [-0.39, 0.29) is 18.4 Å². The summed E-state index contributed by atoms with van der Waals surface area (Å²) >= 11 is 14.4. The fourth-order valence-corrected chi connectivity index (χ4v) is 0.203. The Morgan fingerprint density at radius 2 is 1.38 bits per heavy atom. The molecule has 0 atom stereocenters. The normalized spacial score (nSPS) is 6.95. The zero-order valence-corrected chi connectivity index (χ0v) is 15.7. The number of aliphatic hydroxyl groups is 1. The molecule has 0 saturated carbocycles. The highest BCUT2D eigenvalue weighted by Gasteiger charge is 1.81. The Bertz CT molecular complexity index is 241. The van der Waals surface area contributed by atoms with Crippen LogP contribution in [-0.4, -0.2) is 34.4 Å². The minimum Gasteiger partial charge on any atom is -0.466 e. The summed E-state index contributed by atoms with van der Waals surface area (Å²) in [6.07, 6.45) is 0.667. The number of esters is 1. The van der Waals surface area contributed by atoms with E-state index in [9.17, 15) is 9.59 Å². The number of hydrogen-bond donors (Lipinski definition) is 1. The summed E-state index contributed by atoms with van der Waals surface area (Å²) in [5, 5.41) is 14.9. The van der Waals surface area contributed by atoms with Gasteiger partial charge in [-0.05, 0) is 20.8 Å². The number of aliphatic hydroxyl groups excluding tert-OH is 1. The summed E-state index contributed by atoms with van der Waals surface area (Å²) in [6, 6.07) is 1.75. The smallest absolute Gasteiger partial charge is 0.302 e. The van der Waals surface area contributed by atoms with Gasteiger partial charge in [0.2, 0.25) is 0 Å². The number of nitrogens with zero attached hydrogens (tertiary/aromatic N) is 1. The van der Waals surface area contributed by atoms with Gasteiger partial charge in [0, 0.05) is 26.9 Å². The Morgan fingerprint density at radius 1 is 1.19 bits per heavy atom. The Morgan fingerprint density at radius 3 is 1.38 bits per heavy atom. The molecule has 0 aromatic rings. The van der Waals surface area contributed by atoms with Gasteiger partial charge in [0.05, 0.1) is 12.7 Å². The van der Waals surface area contributed by atoms with Crippen LogP contribution in [0.25, 0.3) is 0 Å². The van der Waals surface area contributed by atoms with Crippen LogP contribution in [0.1, 0.15) is 48.0 Å². The average molecular weight is 367 g/mol. The quantitative estimate of drug-likeness (QED) is 0.588. The number of carbonyl (C=O) groups is 2. The van der Waals surface area contributed by atoms with Crippen LogP contribution < -0.4 is 0 Å². The zero-order valence-electron chi connectivity index (χ0n) is 13.5. The summed E-state index contributed by atoms with van der Waals surface area (Å²) in [6.45, 7) is 10.4. The van der Waals surface area contributed by atoms with Crippen LogP contribution in [0, 0.1) is 11.3 Å². The van der Waals surface area contributed by atoms with Gasteiger partial charge in [-0.3, -0.25) is 4.79 Å². The molecule has 5 nitrogen and oxygen atoms in total. The number of hydrogen-bond acceptors (Lipinski definition) is 5. The van der Waals surface area contributed by atoms with Crippen molar-refractivity contribution in [2.75, 3.05) is 13.2 Å². The van der Waals surface area contributed by atoms with Crippen molar-refractivity contribution in [2.45, 2.75) is 52.3 Å². The number of nitriles is 1. The number of alkyl halides is 3. The zero-order chi connectivity index (χ0) is 18.3. The fraction of sp³-hybridized carbons (Fsp3) is 0.769. The van der Waals surface area contributed by atoms with Gasteiger partial charge in [-0.1, -0.05) is 41.7 Å². The van der Waals surface area contributed by atoms with E-state index in [1.54, 1.807) is 26.8 Å². The monoisotopic (exact) mass is 365 g/mol. The predicted octanol–water partition coefficient (Wildman–Crippen LogP) is 4.07. The van der Waals surface area contributed by atoms with E-state index in [0.717, 1.165) is 0 Å². The van der Waals surface area contributed by atoms with Crippen LogP contribution in [-0.2, 0) is 14.3 Å². The molecule has 0 radical (unpaired) electrons. The van der Waals surface area contributed by atoms with Gasteiger partial charge in [0.1, 0.15) is 5.78 Å². The minimum atomic E-state index is -0.750. The number of halogens is 3. The first-order chi connectivity index (χ1) is 9.60. The molecule has 21 heavy (non-hydrogen) atoms. The van der Waals surface area contributed by atoms with E-state index >= 15 is 0 Å². The molecule has 0 bridgehead atoms. The lowest BCUT2D eigenvalue weighted by molar-refractivity contribution is -0.140. The Kier molecular flexibility index (Phi) is 56.5. The molecule has 0 aliphatic heterocycles. The van der Waals surface area contributed by atoms with E-state index in [1.807, 2.05) is 6.92 Å². The van der Waals surface area contributed by atoms with Crippen molar-refractivity contribution in [1.29, 1.82) is 5.26 Å². The van der Waals surface area contributed by atoms with Gasteiger partial charge in [-0.25, -0.2) is 0 Å². The highest BCUT2D eigenvalue weighted by Crippen LogP contribution is 2.03. The second kappa shape index (κ2) is 36.6. The summed E-state index contributed by atoms with van der Waals surface area (Å²) in [5.41, 5.74) is 0. The third kappa shape index (κ3) is 298. The number of ketones is 1. The van der Waals surface area contributed by atoms with Crippen molar-refractivity contribution in [1.82, 2.24) is 0 Å². The van der Waals surface area contributed by atoms with Crippen LogP contribution in [0.2, 0.25) is 0 Å². The van der Waals surface area contributed by atoms with Crippen LogP contribution in [0.4, 0.5) is 0 Å². The lowest BCUT2D eigenvalue weighted by Crippen LogP contribution is -1.95. The molecule has 0 aliphatic rings. The van der Waals surface area contributed by atoms with Crippen molar-refractivity contribution >= 4 is 46.6 Å². The molecule has 0 aromatic heterocycles. The lowest BCUT2D eigenvalue weighted by atomic mass is 10.4. The Labute approximate surface area is 143 Å². The lowest BCUT2D eigenvalue weighted by Gasteiger charge is -1.89. The van der Waals surface area contributed by atoms with Crippen molar-refractivity contribution in [2.24, 2.45) is 0 Å². The highest BCUT2D eigenvalue weighted by atomic mass is 35.6. The second-order valence-corrected chi connectivity index (χ2v) is 4.75. The molecular formula is C13H26Cl3NO4. The van der Waals surface area contributed by atoms with Gasteiger partial charge >= 0.3 is 5.97 Å². The minimum absolute atomic E-state index is 0.211. The third-order valence-corrected chi connectivity index (χ3v) is 0.845. The van der Waals surface area contributed by atoms with Gasteiger partial charge in [-0.2, -0.15) is 5.26 Å².